The molecule has 7 heteroatoms. The van der Waals surface area contributed by atoms with Crippen LogP contribution in [0, 0.1) is 18.8 Å². The van der Waals surface area contributed by atoms with Crippen LogP contribution in [0.1, 0.15) is 12.5 Å². The molecule has 0 saturated carbocycles. The fourth-order valence-corrected chi connectivity index (χ4v) is 4.39. The molecule has 0 spiro atoms. The Bertz CT molecular complexity index is 655. The van der Waals surface area contributed by atoms with Crippen molar-refractivity contribution < 1.29 is 23.1 Å². The van der Waals surface area contributed by atoms with Crippen LogP contribution in [0.15, 0.2) is 23.1 Å². The van der Waals surface area contributed by atoms with Gasteiger partial charge in [0.1, 0.15) is 5.75 Å². The van der Waals surface area contributed by atoms with Gasteiger partial charge >= 0.3 is 5.97 Å². The Hall–Kier alpha value is -1.60. The minimum Gasteiger partial charge on any atom is -0.497 e. The molecule has 6 nitrogen and oxygen atoms in total. The number of aryl methyl sites for hydroxylation is 1. The summed E-state index contributed by atoms with van der Waals surface area (Å²) >= 11 is 0. The van der Waals surface area contributed by atoms with E-state index in [1.807, 2.05) is 0 Å². The summed E-state index contributed by atoms with van der Waals surface area (Å²) in [7, 11) is -2.16. The number of rotatable bonds is 4. The number of carbonyl (C=O) groups is 1. The van der Waals surface area contributed by atoms with Crippen LogP contribution in [-0.4, -0.2) is 44.0 Å². The SMILES string of the molecule is COc1ccc(S(=O)(=O)N2C[C@@H](C)[C@H](C(=O)O)C2)c(C)c1. The van der Waals surface area contributed by atoms with Crippen LogP contribution in [0.25, 0.3) is 0 Å². The molecule has 0 radical (unpaired) electrons. The van der Waals surface area contributed by atoms with Gasteiger partial charge in [-0.25, -0.2) is 8.42 Å². The monoisotopic (exact) mass is 313 g/mol. The third-order valence-electron chi connectivity index (χ3n) is 3.90. The van der Waals surface area contributed by atoms with Crippen molar-refractivity contribution in [2.75, 3.05) is 20.2 Å². The van der Waals surface area contributed by atoms with Gasteiger partial charge in [0, 0.05) is 13.1 Å². The van der Waals surface area contributed by atoms with Gasteiger partial charge in [-0.3, -0.25) is 4.79 Å². The van der Waals surface area contributed by atoms with E-state index < -0.39 is 21.9 Å². The Kier molecular flexibility index (Phi) is 4.25. The van der Waals surface area contributed by atoms with E-state index in [-0.39, 0.29) is 23.9 Å². The Balaban J connectivity index is 2.33. The van der Waals surface area contributed by atoms with Gasteiger partial charge in [0.2, 0.25) is 10.0 Å². The number of methoxy groups -OCH3 is 1. The zero-order chi connectivity index (χ0) is 15.8. The molecule has 0 aliphatic carbocycles. The quantitative estimate of drug-likeness (QED) is 0.907. The molecule has 1 fully saturated rings. The second-order valence-electron chi connectivity index (χ2n) is 5.38. The molecule has 0 unspecified atom stereocenters. The van der Waals surface area contributed by atoms with E-state index in [4.69, 9.17) is 9.84 Å². The highest BCUT2D eigenvalue weighted by Gasteiger charge is 2.41. The van der Waals surface area contributed by atoms with Crippen LogP contribution in [0.4, 0.5) is 0 Å². The lowest BCUT2D eigenvalue weighted by atomic mass is 9.99. The first-order valence-electron chi connectivity index (χ1n) is 6.65. The molecule has 116 valence electrons. The van der Waals surface area contributed by atoms with E-state index in [0.29, 0.717) is 11.3 Å². The number of sulfonamides is 1. The zero-order valence-corrected chi connectivity index (χ0v) is 13.1. The molecule has 1 aliphatic rings. The van der Waals surface area contributed by atoms with Gasteiger partial charge in [-0.05, 0) is 36.6 Å². The molecule has 2 rings (SSSR count). The lowest BCUT2D eigenvalue weighted by molar-refractivity contribution is -0.142. The highest BCUT2D eigenvalue weighted by atomic mass is 32.2. The maximum Gasteiger partial charge on any atom is 0.308 e. The highest BCUT2D eigenvalue weighted by Crippen LogP contribution is 2.30. The summed E-state index contributed by atoms with van der Waals surface area (Å²) in [6.45, 7) is 3.70. The lowest BCUT2D eigenvalue weighted by Gasteiger charge is -2.18. The molecule has 2 atom stereocenters. The molecule has 1 saturated heterocycles. The first-order chi connectivity index (χ1) is 9.77. The van der Waals surface area contributed by atoms with E-state index in [1.165, 1.54) is 17.5 Å². The number of benzene rings is 1. The number of nitrogens with zero attached hydrogens (tertiary/aromatic N) is 1. The number of hydrogen-bond acceptors (Lipinski definition) is 4. The second-order valence-corrected chi connectivity index (χ2v) is 7.28. The Morgan fingerprint density at radius 2 is 2.05 bits per heavy atom. The summed E-state index contributed by atoms with van der Waals surface area (Å²) in [6.07, 6.45) is 0. The van der Waals surface area contributed by atoms with E-state index in [1.54, 1.807) is 26.0 Å². The van der Waals surface area contributed by atoms with E-state index in [2.05, 4.69) is 0 Å². The number of hydrogen-bond donors (Lipinski definition) is 1. The van der Waals surface area contributed by atoms with Gasteiger partial charge in [-0.15, -0.1) is 0 Å². The van der Waals surface area contributed by atoms with E-state index >= 15 is 0 Å². The van der Waals surface area contributed by atoms with Crippen LogP contribution in [0.3, 0.4) is 0 Å². The predicted molar refractivity (Wildman–Crippen MR) is 76.8 cm³/mol. The van der Waals surface area contributed by atoms with Gasteiger partial charge in [0.25, 0.3) is 0 Å². The molecule has 1 aliphatic heterocycles. The lowest BCUT2D eigenvalue weighted by Crippen LogP contribution is -2.30. The smallest absolute Gasteiger partial charge is 0.308 e. The highest BCUT2D eigenvalue weighted by molar-refractivity contribution is 7.89. The van der Waals surface area contributed by atoms with Crippen molar-refractivity contribution in [3.8, 4) is 5.75 Å². The van der Waals surface area contributed by atoms with Crippen molar-refractivity contribution in [1.29, 1.82) is 0 Å². The molecule has 1 aromatic rings. The fraction of sp³-hybridized carbons (Fsp3) is 0.500. The standard InChI is InChI=1S/C14H19NO5S/c1-9-6-11(20-3)4-5-13(9)21(18,19)15-7-10(2)12(8-15)14(16)17/h4-6,10,12H,7-8H2,1-3H3,(H,16,17)/t10-,12-/m1/s1. The van der Waals surface area contributed by atoms with Crippen molar-refractivity contribution in [2.45, 2.75) is 18.7 Å². The summed E-state index contributed by atoms with van der Waals surface area (Å²) in [4.78, 5) is 11.3. The van der Waals surface area contributed by atoms with Gasteiger partial charge in [0.05, 0.1) is 17.9 Å². The average molecular weight is 313 g/mol. The molecule has 0 amide bonds. The topological polar surface area (TPSA) is 83.9 Å². The van der Waals surface area contributed by atoms with Crippen molar-refractivity contribution in [3.63, 3.8) is 0 Å². The normalized spacial score (nSPS) is 23.2. The molecule has 0 bridgehead atoms. The van der Waals surface area contributed by atoms with Gasteiger partial charge < -0.3 is 9.84 Å². The first-order valence-corrected chi connectivity index (χ1v) is 8.09. The van der Waals surface area contributed by atoms with Gasteiger partial charge in [0.15, 0.2) is 0 Å². The van der Waals surface area contributed by atoms with Crippen LogP contribution >= 0.6 is 0 Å². The third kappa shape index (κ3) is 2.89. The summed E-state index contributed by atoms with van der Waals surface area (Å²) in [5.74, 6) is -1.22. The number of ether oxygens (including phenoxy) is 1. The van der Waals surface area contributed by atoms with Crippen LogP contribution in [0.5, 0.6) is 5.75 Å². The Morgan fingerprint density at radius 3 is 2.52 bits per heavy atom. The van der Waals surface area contributed by atoms with Crippen molar-refractivity contribution in [3.05, 3.63) is 23.8 Å². The Morgan fingerprint density at radius 1 is 1.38 bits per heavy atom. The summed E-state index contributed by atoms with van der Waals surface area (Å²) in [6, 6.07) is 4.75. The summed E-state index contributed by atoms with van der Waals surface area (Å²) < 4.78 is 31.6. The molecule has 1 aromatic carbocycles. The maximum atomic E-state index is 12.7. The van der Waals surface area contributed by atoms with Crippen LogP contribution in [-0.2, 0) is 14.8 Å². The minimum absolute atomic E-state index is 0.0182. The molecular weight excluding hydrogens is 294 g/mol. The second kappa shape index (κ2) is 5.65. The first kappa shape index (κ1) is 15.8. The fourth-order valence-electron chi connectivity index (χ4n) is 2.62. The van der Waals surface area contributed by atoms with Crippen molar-refractivity contribution in [1.82, 2.24) is 4.31 Å². The average Bonchev–Trinajstić information content (AvgIpc) is 2.81. The van der Waals surface area contributed by atoms with Crippen LogP contribution in [0.2, 0.25) is 0 Å². The molecule has 1 N–H and O–H groups in total. The predicted octanol–water partition coefficient (Wildman–Crippen LogP) is 1.34. The molecule has 0 aromatic heterocycles. The van der Waals surface area contributed by atoms with Gasteiger partial charge in [-0.1, -0.05) is 6.92 Å². The van der Waals surface area contributed by atoms with Gasteiger partial charge in [-0.2, -0.15) is 4.31 Å². The maximum absolute atomic E-state index is 12.7. The Labute approximate surface area is 124 Å². The summed E-state index contributed by atoms with van der Waals surface area (Å²) in [5, 5.41) is 9.12. The number of carboxylic acids is 1. The third-order valence-corrected chi connectivity index (χ3v) is 5.89. The van der Waals surface area contributed by atoms with Crippen molar-refractivity contribution >= 4 is 16.0 Å². The molecule has 21 heavy (non-hydrogen) atoms. The minimum atomic E-state index is -3.68. The van der Waals surface area contributed by atoms with Crippen molar-refractivity contribution in [2.24, 2.45) is 11.8 Å². The largest absolute Gasteiger partial charge is 0.497 e. The van der Waals surface area contributed by atoms with E-state index in [0.717, 1.165) is 0 Å². The zero-order valence-electron chi connectivity index (χ0n) is 12.2. The van der Waals surface area contributed by atoms with E-state index in [9.17, 15) is 13.2 Å². The van der Waals surface area contributed by atoms with Crippen LogP contribution < -0.4 is 4.74 Å². The summed E-state index contributed by atoms with van der Waals surface area (Å²) in [5.41, 5.74) is 0.584. The number of aliphatic carboxylic acids is 1. The molecule has 1 heterocycles. The number of carboxylic acid groups (broad SMARTS) is 1. The molecular formula is C14H19NO5S.